The molecule has 0 saturated heterocycles. The van der Waals surface area contributed by atoms with E-state index in [4.69, 9.17) is 14.0 Å². The van der Waals surface area contributed by atoms with Crippen molar-refractivity contribution in [3.05, 3.63) is 76.9 Å². The topological polar surface area (TPSA) is 74.5 Å². The molecular formula is C21H22N2O4. The Bertz CT molecular complexity index is 904. The average Bonchev–Trinajstić information content (AvgIpc) is 3.13. The number of aryl methyl sites for hydroxylation is 2. The summed E-state index contributed by atoms with van der Waals surface area (Å²) in [6, 6.07) is 15.0. The Labute approximate surface area is 158 Å². The van der Waals surface area contributed by atoms with Gasteiger partial charge in [0.1, 0.15) is 17.9 Å². The SMILES string of the molecule is CCCc1noc(COC(=O)c2ccccc2OCc2ccccc2C)n1. The summed E-state index contributed by atoms with van der Waals surface area (Å²) in [4.78, 5) is 16.6. The normalized spacial score (nSPS) is 10.6. The number of aromatic nitrogens is 2. The van der Waals surface area contributed by atoms with E-state index in [1.165, 1.54) is 0 Å². The molecule has 0 radical (unpaired) electrons. The number of hydrogen-bond donors (Lipinski definition) is 0. The van der Waals surface area contributed by atoms with Crippen molar-refractivity contribution in [2.24, 2.45) is 0 Å². The molecule has 6 nitrogen and oxygen atoms in total. The summed E-state index contributed by atoms with van der Waals surface area (Å²) in [6.45, 7) is 4.36. The quantitative estimate of drug-likeness (QED) is 0.554. The maximum absolute atomic E-state index is 12.5. The third kappa shape index (κ3) is 4.94. The van der Waals surface area contributed by atoms with Crippen molar-refractivity contribution in [2.45, 2.75) is 39.9 Å². The van der Waals surface area contributed by atoms with E-state index in [-0.39, 0.29) is 12.5 Å². The Morgan fingerprint density at radius 2 is 1.85 bits per heavy atom. The van der Waals surface area contributed by atoms with Gasteiger partial charge in [0, 0.05) is 6.42 Å². The molecule has 0 saturated carbocycles. The molecule has 0 spiro atoms. The van der Waals surface area contributed by atoms with Gasteiger partial charge in [0.15, 0.2) is 12.4 Å². The highest BCUT2D eigenvalue weighted by molar-refractivity contribution is 5.92. The minimum Gasteiger partial charge on any atom is -0.488 e. The van der Waals surface area contributed by atoms with Crippen LogP contribution in [0.5, 0.6) is 5.75 Å². The fourth-order valence-corrected chi connectivity index (χ4v) is 2.57. The number of ether oxygens (including phenoxy) is 2. The summed E-state index contributed by atoms with van der Waals surface area (Å²) in [5, 5.41) is 3.84. The van der Waals surface area contributed by atoms with Gasteiger partial charge in [-0.25, -0.2) is 4.79 Å². The van der Waals surface area contributed by atoms with E-state index in [1.807, 2.05) is 44.2 Å². The van der Waals surface area contributed by atoms with Gasteiger partial charge in [-0.05, 0) is 36.6 Å². The highest BCUT2D eigenvalue weighted by atomic mass is 16.6. The molecule has 27 heavy (non-hydrogen) atoms. The number of hydrogen-bond acceptors (Lipinski definition) is 6. The van der Waals surface area contributed by atoms with Gasteiger partial charge >= 0.3 is 5.97 Å². The molecule has 0 N–H and O–H groups in total. The molecule has 6 heteroatoms. The number of carbonyl (C=O) groups excluding carboxylic acids is 1. The first-order chi connectivity index (χ1) is 13.2. The fraction of sp³-hybridized carbons (Fsp3) is 0.286. The standard InChI is InChI=1S/C21H22N2O4/c1-3-8-19-22-20(27-23-19)14-26-21(24)17-11-6-7-12-18(17)25-13-16-10-5-4-9-15(16)2/h4-7,9-12H,3,8,13-14H2,1-2H3. The van der Waals surface area contributed by atoms with Gasteiger partial charge in [-0.1, -0.05) is 48.5 Å². The van der Waals surface area contributed by atoms with Crippen molar-refractivity contribution in [1.29, 1.82) is 0 Å². The summed E-state index contributed by atoms with van der Waals surface area (Å²) in [5.74, 6) is 0.879. The molecule has 0 fully saturated rings. The molecule has 0 amide bonds. The lowest BCUT2D eigenvalue weighted by Crippen LogP contribution is -2.08. The molecule has 0 aliphatic rings. The van der Waals surface area contributed by atoms with E-state index in [0.29, 0.717) is 23.7 Å². The number of esters is 1. The molecule has 0 aliphatic heterocycles. The zero-order chi connectivity index (χ0) is 19.1. The van der Waals surface area contributed by atoms with Crippen LogP contribution in [0.25, 0.3) is 0 Å². The van der Waals surface area contributed by atoms with Crippen LogP contribution in [0, 0.1) is 6.92 Å². The number of nitrogens with zero attached hydrogens (tertiary/aromatic N) is 2. The second-order valence-electron chi connectivity index (χ2n) is 6.14. The number of carbonyl (C=O) groups is 1. The van der Waals surface area contributed by atoms with Crippen LogP contribution in [0.1, 0.15) is 46.5 Å². The van der Waals surface area contributed by atoms with Crippen molar-refractivity contribution in [3.8, 4) is 5.75 Å². The van der Waals surface area contributed by atoms with Gasteiger partial charge < -0.3 is 14.0 Å². The van der Waals surface area contributed by atoms with Crippen molar-refractivity contribution < 1.29 is 18.8 Å². The lowest BCUT2D eigenvalue weighted by Gasteiger charge is -2.12. The molecule has 1 heterocycles. The molecule has 0 aliphatic carbocycles. The molecular weight excluding hydrogens is 344 g/mol. The van der Waals surface area contributed by atoms with Gasteiger partial charge in [0.25, 0.3) is 5.89 Å². The maximum atomic E-state index is 12.5. The Balaban J connectivity index is 1.63. The van der Waals surface area contributed by atoms with Crippen LogP contribution in [0.2, 0.25) is 0 Å². The fourth-order valence-electron chi connectivity index (χ4n) is 2.57. The molecule has 140 valence electrons. The predicted octanol–water partition coefficient (Wildman–Crippen LogP) is 4.27. The Hall–Kier alpha value is -3.15. The monoisotopic (exact) mass is 366 g/mol. The number of rotatable bonds is 8. The largest absolute Gasteiger partial charge is 0.488 e. The summed E-state index contributed by atoms with van der Waals surface area (Å²) >= 11 is 0. The van der Waals surface area contributed by atoms with Crippen LogP contribution >= 0.6 is 0 Å². The predicted molar refractivity (Wildman–Crippen MR) is 99.4 cm³/mol. The first-order valence-corrected chi connectivity index (χ1v) is 8.92. The average molecular weight is 366 g/mol. The van der Waals surface area contributed by atoms with E-state index in [1.54, 1.807) is 18.2 Å². The second-order valence-corrected chi connectivity index (χ2v) is 6.14. The zero-order valence-corrected chi connectivity index (χ0v) is 15.5. The van der Waals surface area contributed by atoms with Crippen LogP contribution in [0.15, 0.2) is 53.1 Å². The third-order valence-electron chi connectivity index (χ3n) is 4.06. The molecule has 3 aromatic rings. The first kappa shape index (κ1) is 18.6. The highest BCUT2D eigenvalue weighted by Crippen LogP contribution is 2.21. The van der Waals surface area contributed by atoms with Crippen molar-refractivity contribution in [1.82, 2.24) is 10.1 Å². The van der Waals surface area contributed by atoms with E-state index in [9.17, 15) is 4.79 Å². The summed E-state index contributed by atoms with van der Waals surface area (Å²) in [6.07, 6.45) is 1.65. The van der Waals surface area contributed by atoms with Gasteiger partial charge in [0.2, 0.25) is 0 Å². The zero-order valence-electron chi connectivity index (χ0n) is 15.5. The van der Waals surface area contributed by atoms with E-state index in [2.05, 4.69) is 10.1 Å². The Morgan fingerprint density at radius 3 is 2.67 bits per heavy atom. The molecule has 1 aromatic heterocycles. The van der Waals surface area contributed by atoms with Gasteiger partial charge in [-0.2, -0.15) is 4.98 Å². The lowest BCUT2D eigenvalue weighted by molar-refractivity contribution is 0.0425. The van der Waals surface area contributed by atoms with Gasteiger partial charge in [0.05, 0.1) is 0 Å². The van der Waals surface area contributed by atoms with Crippen LogP contribution in [-0.2, 0) is 24.4 Å². The van der Waals surface area contributed by atoms with E-state index in [0.717, 1.165) is 24.0 Å². The maximum Gasteiger partial charge on any atom is 0.342 e. The minimum atomic E-state index is -0.495. The molecule has 2 aromatic carbocycles. The first-order valence-electron chi connectivity index (χ1n) is 8.92. The Morgan fingerprint density at radius 1 is 1.07 bits per heavy atom. The number of benzene rings is 2. The summed E-state index contributed by atoms with van der Waals surface area (Å²) < 4.78 is 16.3. The van der Waals surface area contributed by atoms with Crippen molar-refractivity contribution in [2.75, 3.05) is 0 Å². The molecule has 3 rings (SSSR count). The minimum absolute atomic E-state index is 0.0678. The molecule has 0 atom stereocenters. The van der Waals surface area contributed by atoms with E-state index < -0.39 is 5.97 Å². The smallest absolute Gasteiger partial charge is 0.342 e. The van der Waals surface area contributed by atoms with Crippen LogP contribution in [0.4, 0.5) is 0 Å². The van der Waals surface area contributed by atoms with Gasteiger partial charge in [-0.3, -0.25) is 0 Å². The Kier molecular flexibility index (Phi) is 6.20. The second kappa shape index (κ2) is 8.98. The van der Waals surface area contributed by atoms with Crippen molar-refractivity contribution in [3.63, 3.8) is 0 Å². The summed E-state index contributed by atoms with van der Waals surface area (Å²) in [7, 11) is 0. The lowest BCUT2D eigenvalue weighted by atomic mass is 10.1. The van der Waals surface area contributed by atoms with Crippen molar-refractivity contribution >= 4 is 5.97 Å². The van der Waals surface area contributed by atoms with Gasteiger partial charge in [-0.15, -0.1) is 0 Å². The molecule has 0 bridgehead atoms. The number of para-hydroxylation sites is 1. The van der Waals surface area contributed by atoms with Crippen LogP contribution in [-0.4, -0.2) is 16.1 Å². The molecule has 0 unspecified atom stereocenters. The van der Waals surface area contributed by atoms with Crippen LogP contribution < -0.4 is 4.74 Å². The summed E-state index contributed by atoms with van der Waals surface area (Å²) in [5.41, 5.74) is 2.56. The van der Waals surface area contributed by atoms with E-state index >= 15 is 0 Å². The third-order valence-corrected chi connectivity index (χ3v) is 4.06. The highest BCUT2D eigenvalue weighted by Gasteiger charge is 2.16. The van der Waals surface area contributed by atoms with Crippen LogP contribution in [0.3, 0.4) is 0 Å².